The average molecular weight is 258 g/mol. The van der Waals surface area contributed by atoms with Crippen LogP contribution in [-0.4, -0.2) is 14.6 Å². The molecule has 0 fully saturated rings. The van der Waals surface area contributed by atoms with Crippen LogP contribution in [0.2, 0.25) is 0 Å². The molecule has 0 unspecified atom stereocenters. The monoisotopic (exact) mass is 258 g/mol. The van der Waals surface area contributed by atoms with Crippen molar-refractivity contribution in [1.29, 1.82) is 0 Å². The van der Waals surface area contributed by atoms with E-state index in [4.69, 9.17) is 10.5 Å². The largest absolute Gasteiger partial charge is 0.486 e. The summed E-state index contributed by atoms with van der Waals surface area (Å²) in [6.07, 6.45) is 0. The van der Waals surface area contributed by atoms with Crippen LogP contribution in [0.5, 0.6) is 5.75 Å². The van der Waals surface area contributed by atoms with Crippen LogP contribution in [0.1, 0.15) is 5.82 Å². The van der Waals surface area contributed by atoms with Gasteiger partial charge in [0.05, 0.1) is 0 Å². The van der Waals surface area contributed by atoms with Crippen LogP contribution in [-0.2, 0) is 6.61 Å². The topological polar surface area (TPSA) is 65.4 Å². The Hall–Kier alpha value is -2.63. The van der Waals surface area contributed by atoms with Crippen LogP contribution < -0.4 is 10.5 Å². The van der Waals surface area contributed by atoms with Crippen LogP contribution in [0, 0.1) is 5.82 Å². The molecule has 2 aromatic heterocycles. The third-order valence-electron chi connectivity index (χ3n) is 2.61. The number of anilines is 1. The molecular weight excluding hydrogens is 247 g/mol. The van der Waals surface area contributed by atoms with Crippen LogP contribution in [0.25, 0.3) is 5.65 Å². The lowest BCUT2D eigenvalue weighted by Crippen LogP contribution is -2.00. The summed E-state index contributed by atoms with van der Waals surface area (Å²) < 4.78 is 19.8. The SMILES string of the molecule is Nc1cccc2nc(COc3ccc(F)cc3)nn12. The molecule has 0 amide bonds. The molecule has 0 aliphatic carbocycles. The van der Waals surface area contributed by atoms with Crippen molar-refractivity contribution < 1.29 is 9.13 Å². The van der Waals surface area contributed by atoms with E-state index in [9.17, 15) is 4.39 Å². The molecule has 0 saturated heterocycles. The fourth-order valence-electron chi connectivity index (χ4n) is 1.71. The summed E-state index contributed by atoms with van der Waals surface area (Å²) in [6, 6.07) is 11.1. The third kappa shape index (κ3) is 2.33. The first-order chi connectivity index (χ1) is 9.22. The highest BCUT2D eigenvalue weighted by atomic mass is 19.1. The predicted molar refractivity (Wildman–Crippen MR) is 68.1 cm³/mol. The second-order valence-electron chi connectivity index (χ2n) is 3.99. The minimum Gasteiger partial charge on any atom is -0.486 e. The zero-order valence-corrected chi connectivity index (χ0v) is 9.95. The Morgan fingerprint density at radius 3 is 2.68 bits per heavy atom. The third-order valence-corrected chi connectivity index (χ3v) is 2.61. The predicted octanol–water partition coefficient (Wildman–Crippen LogP) is 2.03. The maximum absolute atomic E-state index is 12.7. The molecule has 19 heavy (non-hydrogen) atoms. The van der Waals surface area contributed by atoms with Gasteiger partial charge in [-0.05, 0) is 36.4 Å². The van der Waals surface area contributed by atoms with E-state index in [-0.39, 0.29) is 12.4 Å². The average Bonchev–Trinajstić information content (AvgIpc) is 2.83. The maximum atomic E-state index is 12.7. The van der Waals surface area contributed by atoms with Gasteiger partial charge in [0, 0.05) is 0 Å². The number of hydrogen-bond donors (Lipinski definition) is 1. The van der Waals surface area contributed by atoms with Gasteiger partial charge in [0.15, 0.2) is 11.5 Å². The van der Waals surface area contributed by atoms with Crippen molar-refractivity contribution in [3.05, 3.63) is 54.1 Å². The number of nitrogens with two attached hydrogens (primary N) is 1. The number of aromatic nitrogens is 3. The Labute approximate surface area is 108 Å². The van der Waals surface area contributed by atoms with Gasteiger partial charge < -0.3 is 10.5 Å². The molecule has 0 aliphatic heterocycles. The number of benzene rings is 1. The molecule has 3 rings (SSSR count). The molecular formula is C13H11FN4O. The van der Waals surface area contributed by atoms with Gasteiger partial charge in [0.2, 0.25) is 0 Å². The van der Waals surface area contributed by atoms with Gasteiger partial charge in [-0.1, -0.05) is 6.07 Å². The molecule has 2 N–H and O–H groups in total. The van der Waals surface area contributed by atoms with E-state index in [0.717, 1.165) is 0 Å². The molecule has 5 nitrogen and oxygen atoms in total. The Morgan fingerprint density at radius 1 is 1.16 bits per heavy atom. The zero-order valence-electron chi connectivity index (χ0n) is 9.95. The first kappa shape index (κ1) is 11.5. The highest BCUT2D eigenvalue weighted by molar-refractivity contribution is 5.45. The van der Waals surface area contributed by atoms with Crippen molar-refractivity contribution in [2.24, 2.45) is 0 Å². The number of nitrogen functional groups attached to an aromatic ring is 1. The van der Waals surface area contributed by atoms with E-state index in [1.807, 2.05) is 12.1 Å². The van der Waals surface area contributed by atoms with E-state index < -0.39 is 0 Å². The number of fused-ring (bicyclic) bond motifs is 1. The number of pyridine rings is 1. The van der Waals surface area contributed by atoms with E-state index in [2.05, 4.69) is 10.1 Å². The number of ether oxygens (including phenoxy) is 1. The maximum Gasteiger partial charge on any atom is 0.189 e. The van der Waals surface area contributed by atoms with Crippen LogP contribution in [0.3, 0.4) is 0 Å². The molecule has 96 valence electrons. The highest BCUT2D eigenvalue weighted by Crippen LogP contribution is 2.13. The van der Waals surface area contributed by atoms with Gasteiger partial charge in [0.25, 0.3) is 0 Å². The van der Waals surface area contributed by atoms with E-state index in [1.165, 1.54) is 12.1 Å². The molecule has 0 spiro atoms. The van der Waals surface area contributed by atoms with Gasteiger partial charge >= 0.3 is 0 Å². The molecule has 3 aromatic rings. The van der Waals surface area contributed by atoms with Gasteiger partial charge in [-0.2, -0.15) is 4.52 Å². The van der Waals surface area contributed by atoms with Crippen molar-refractivity contribution >= 4 is 11.5 Å². The Balaban J connectivity index is 1.78. The highest BCUT2D eigenvalue weighted by Gasteiger charge is 2.06. The summed E-state index contributed by atoms with van der Waals surface area (Å²) in [7, 11) is 0. The first-order valence-corrected chi connectivity index (χ1v) is 5.71. The van der Waals surface area contributed by atoms with E-state index in [0.29, 0.717) is 23.0 Å². The molecule has 0 bridgehead atoms. The number of hydrogen-bond acceptors (Lipinski definition) is 4. The standard InChI is InChI=1S/C13H11FN4O/c14-9-4-6-10(7-5-9)19-8-12-16-13-3-1-2-11(15)18(13)17-12/h1-7H,8,15H2. The van der Waals surface area contributed by atoms with Crippen molar-refractivity contribution in [3.8, 4) is 5.75 Å². The summed E-state index contributed by atoms with van der Waals surface area (Å²) in [5.74, 6) is 1.29. The summed E-state index contributed by atoms with van der Waals surface area (Å²) >= 11 is 0. The van der Waals surface area contributed by atoms with Crippen LogP contribution >= 0.6 is 0 Å². The minimum absolute atomic E-state index is 0.201. The van der Waals surface area contributed by atoms with E-state index in [1.54, 1.807) is 22.7 Å². The fourth-order valence-corrected chi connectivity index (χ4v) is 1.71. The molecule has 0 saturated carbocycles. The normalized spacial score (nSPS) is 10.8. The van der Waals surface area contributed by atoms with Crippen molar-refractivity contribution in [3.63, 3.8) is 0 Å². The molecule has 0 aliphatic rings. The quantitative estimate of drug-likeness (QED) is 0.780. The second-order valence-corrected chi connectivity index (χ2v) is 3.99. The summed E-state index contributed by atoms with van der Waals surface area (Å²) in [6.45, 7) is 0.201. The van der Waals surface area contributed by atoms with Gasteiger partial charge in [0.1, 0.15) is 24.0 Å². The summed E-state index contributed by atoms with van der Waals surface area (Å²) in [4.78, 5) is 4.28. The number of rotatable bonds is 3. The number of halogens is 1. The Bertz CT molecular complexity index is 708. The van der Waals surface area contributed by atoms with Crippen molar-refractivity contribution in [2.75, 3.05) is 5.73 Å². The molecule has 1 aromatic carbocycles. The van der Waals surface area contributed by atoms with Crippen molar-refractivity contribution in [1.82, 2.24) is 14.6 Å². The molecule has 0 radical (unpaired) electrons. The van der Waals surface area contributed by atoms with Crippen molar-refractivity contribution in [2.45, 2.75) is 6.61 Å². The molecule has 6 heteroatoms. The minimum atomic E-state index is -0.300. The zero-order chi connectivity index (χ0) is 13.2. The first-order valence-electron chi connectivity index (χ1n) is 5.71. The van der Waals surface area contributed by atoms with Gasteiger partial charge in [-0.3, -0.25) is 0 Å². The summed E-state index contributed by atoms with van der Waals surface area (Å²) in [5.41, 5.74) is 6.44. The lowest BCUT2D eigenvalue weighted by atomic mass is 10.3. The molecule has 2 heterocycles. The van der Waals surface area contributed by atoms with Gasteiger partial charge in [-0.15, -0.1) is 5.10 Å². The lowest BCUT2D eigenvalue weighted by molar-refractivity contribution is 0.295. The second kappa shape index (κ2) is 4.56. The number of nitrogens with zero attached hydrogens (tertiary/aromatic N) is 3. The Morgan fingerprint density at radius 2 is 1.95 bits per heavy atom. The summed E-state index contributed by atoms with van der Waals surface area (Å²) in [5, 5.41) is 4.23. The van der Waals surface area contributed by atoms with Crippen LogP contribution in [0.15, 0.2) is 42.5 Å². The van der Waals surface area contributed by atoms with E-state index >= 15 is 0 Å². The smallest absolute Gasteiger partial charge is 0.189 e. The fraction of sp³-hybridized carbons (Fsp3) is 0.0769. The molecule has 0 atom stereocenters. The van der Waals surface area contributed by atoms with Crippen LogP contribution in [0.4, 0.5) is 10.2 Å². The lowest BCUT2D eigenvalue weighted by Gasteiger charge is -2.02. The Kier molecular flexibility index (Phi) is 2.75. The van der Waals surface area contributed by atoms with Gasteiger partial charge in [-0.25, -0.2) is 9.37 Å².